The molecule has 3 aromatic carbocycles. The molecule has 0 radical (unpaired) electrons. The summed E-state index contributed by atoms with van der Waals surface area (Å²) in [5.41, 5.74) is 3.20. The van der Waals surface area contributed by atoms with Crippen molar-refractivity contribution in [3.8, 4) is 5.75 Å². The van der Waals surface area contributed by atoms with Crippen LogP contribution in [-0.4, -0.2) is 32.9 Å². The Bertz CT molecular complexity index is 1410. The number of para-hydroxylation sites is 4. The molecule has 0 aliphatic carbocycles. The van der Waals surface area contributed by atoms with Gasteiger partial charge in [0.05, 0.1) is 35.0 Å². The van der Waals surface area contributed by atoms with E-state index in [1.54, 1.807) is 74.5 Å². The van der Waals surface area contributed by atoms with Gasteiger partial charge in [0.15, 0.2) is 0 Å². The zero-order valence-electron chi connectivity index (χ0n) is 20.7. The maximum absolute atomic E-state index is 14.1. The Hall–Kier alpha value is -3.85. The van der Waals surface area contributed by atoms with E-state index < -0.39 is 27.9 Å². The molecule has 1 heterocycles. The van der Waals surface area contributed by atoms with Gasteiger partial charge in [-0.2, -0.15) is 0 Å². The molecule has 0 bridgehead atoms. The van der Waals surface area contributed by atoms with E-state index in [0.29, 0.717) is 40.5 Å². The van der Waals surface area contributed by atoms with Crippen LogP contribution in [0.5, 0.6) is 5.75 Å². The third kappa shape index (κ3) is 4.79. The smallest absolute Gasteiger partial charge is 0.265 e. The Morgan fingerprint density at radius 3 is 2.36 bits per heavy atom. The highest BCUT2D eigenvalue weighted by Crippen LogP contribution is 2.39. The molecule has 0 saturated carbocycles. The molecule has 0 unspecified atom stereocenters. The molecule has 8 nitrogen and oxygen atoms in total. The van der Waals surface area contributed by atoms with Crippen LogP contribution in [0.2, 0.25) is 0 Å². The largest absolute Gasteiger partial charge is 0.492 e. The molecule has 1 aliphatic heterocycles. The Balaban J connectivity index is 1.76. The molecule has 0 spiro atoms. The summed E-state index contributed by atoms with van der Waals surface area (Å²) in [4.78, 5) is 26.4. The molecule has 1 atom stereocenters. The first kappa shape index (κ1) is 25.2. The normalized spacial score (nSPS) is 15.2. The van der Waals surface area contributed by atoms with Crippen molar-refractivity contribution in [3.05, 3.63) is 77.4 Å². The first-order valence-corrected chi connectivity index (χ1v) is 13.1. The zero-order chi connectivity index (χ0) is 26.0. The van der Waals surface area contributed by atoms with E-state index in [1.807, 2.05) is 13.8 Å². The summed E-state index contributed by atoms with van der Waals surface area (Å²) in [5, 5.41) is 5.52. The van der Waals surface area contributed by atoms with E-state index in [4.69, 9.17) is 4.74 Å². The first-order chi connectivity index (χ1) is 17.1. The fourth-order valence-electron chi connectivity index (χ4n) is 4.63. The molecule has 1 aliphatic rings. The van der Waals surface area contributed by atoms with Crippen molar-refractivity contribution >= 4 is 38.9 Å². The van der Waals surface area contributed by atoms with E-state index in [-0.39, 0.29) is 11.3 Å². The van der Waals surface area contributed by atoms with Crippen molar-refractivity contribution in [3.63, 3.8) is 0 Å². The van der Waals surface area contributed by atoms with Crippen LogP contribution in [0, 0.1) is 20.8 Å². The van der Waals surface area contributed by atoms with Gasteiger partial charge in [-0.25, -0.2) is 8.42 Å². The number of hydrogen-bond donors (Lipinski definition) is 2. The third-order valence-corrected chi connectivity index (χ3v) is 8.08. The van der Waals surface area contributed by atoms with Crippen LogP contribution in [0.4, 0.5) is 17.1 Å². The van der Waals surface area contributed by atoms with Gasteiger partial charge in [0, 0.05) is 0 Å². The first-order valence-electron chi connectivity index (χ1n) is 11.7. The van der Waals surface area contributed by atoms with Crippen molar-refractivity contribution in [2.75, 3.05) is 21.5 Å². The van der Waals surface area contributed by atoms with Gasteiger partial charge in [-0.15, -0.1) is 0 Å². The molecule has 3 aromatic rings. The molecule has 36 heavy (non-hydrogen) atoms. The highest BCUT2D eigenvalue weighted by Gasteiger charge is 2.43. The number of rotatable bonds is 7. The van der Waals surface area contributed by atoms with Crippen LogP contribution in [0.15, 0.2) is 65.6 Å². The van der Waals surface area contributed by atoms with Crippen LogP contribution in [0.3, 0.4) is 0 Å². The fourth-order valence-corrected chi connectivity index (χ4v) is 6.69. The van der Waals surface area contributed by atoms with Gasteiger partial charge >= 0.3 is 0 Å². The minimum Gasteiger partial charge on any atom is -0.492 e. The topological polar surface area (TPSA) is 105 Å². The number of anilines is 3. The van der Waals surface area contributed by atoms with E-state index in [9.17, 15) is 18.0 Å². The minimum absolute atomic E-state index is 0.129. The summed E-state index contributed by atoms with van der Waals surface area (Å²) < 4.78 is 34.9. The summed E-state index contributed by atoms with van der Waals surface area (Å²) >= 11 is 0. The summed E-state index contributed by atoms with van der Waals surface area (Å²) in [6.45, 7) is 7.60. The number of hydrogen-bond acceptors (Lipinski definition) is 5. The summed E-state index contributed by atoms with van der Waals surface area (Å²) in [6, 6.07) is 15.9. The Morgan fingerprint density at radius 2 is 1.67 bits per heavy atom. The second-order valence-electron chi connectivity index (χ2n) is 8.73. The van der Waals surface area contributed by atoms with Crippen molar-refractivity contribution < 1.29 is 22.7 Å². The second-order valence-corrected chi connectivity index (χ2v) is 10.5. The van der Waals surface area contributed by atoms with Crippen molar-refractivity contribution in [1.29, 1.82) is 0 Å². The van der Waals surface area contributed by atoms with Crippen molar-refractivity contribution in [2.45, 2.75) is 45.1 Å². The molecule has 0 aromatic heterocycles. The second kappa shape index (κ2) is 10.0. The monoisotopic (exact) mass is 507 g/mol. The van der Waals surface area contributed by atoms with Crippen molar-refractivity contribution in [1.82, 2.24) is 0 Å². The number of carbonyl (C=O) groups is 2. The maximum Gasteiger partial charge on any atom is 0.265 e. The number of ether oxygens (including phenoxy) is 1. The van der Waals surface area contributed by atoms with Gasteiger partial charge in [0.25, 0.3) is 10.0 Å². The Kier molecular flexibility index (Phi) is 7.03. The van der Waals surface area contributed by atoms with Gasteiger partial charge < -0.3 is 15.4 Å². The highest BCUT2D eigenvalue weighted by molar-refractivity contribution is 7.93. The van der Waals surface area contributed by atoms with Crippen molar-refractivity contribution in [2.24, 2.45) is 0 Å². The molecule has 9 heteroatoms. The molecular weight excluding hydrogens is 478 g/mol. The van der Waals surface area contributed by atoms with E-state index in [1.165, 1.54) is 0 Å². The molecule has 188 valence electrons. The third-order valence-electron chi connectivity index (χ3n) is 5.95. The summed E-state index contributed by atoms with van der Waals surface area (Å²) in [5.74, 6) is -0.602. The lowest BCUT2D eigenvalue weighted by Crippen LogP contribution is -2.52. The Morgan fingerprint density at radius 1 is 1.03 bits per heavy atom. The van der Waals surface area contributed by atoms with Crippen LogP contribution in [0.1, 0.15) is 30.0 Å². The van der Waals surface area contributed by atoms with Crippen LogP contribution in [-0.2, 0) is 19.6 Å². The fraction of sp³-hybridized carbons (Fsp3) is 0.259. The van der Waals surface area contributed by atoms with Gasteiger partial charge in [0.2, 0.25) is 11.8 Å². The molecule has 0 fully saturated rings. The average molecular weight is 508 g/mol. The predicted octanol–water partition coefficient (Wildman–Crippen LogP) is 4.56. The number of aryl methyl sites for hydroxylation is 3. The lowest BCUT2D eigenvalue weighted by atomic mass is 10.1. The zero-order valence-corrected chi connectivity index (χ0v) is 21.5. The molecule has 2 amide bonds. The number of fused-ring (bicyclic) bond motifs is 1. The van der Waals surface area contributed by atoms with Crippen LogP contribution in [0.25, 0.3) is 0 Å². The number of nitrogens with one attached hydrogen (secondary N) is 2. The Labute approximate surface area is 211 Å². The average Bonchev–Trinajstić information content (AvgIpc) is 2.80. The molecule has 4 rings (SSSR count). The number of benzene rings is 3. The van der Waals surface area contributed by atoms with E-state index in [2.05, 4.69) is 10.6 Å². The predicted molar refractivity (Wildman–Crippen MR) is 140 cm³/mol. The lowest BCUT2D eigenvalue weighted by Gasteiger charge is -2.37. The quantitative estimate of drug-likeness (QED) is 0.488. The van der Waals surface area contributed by atoms with Crippen LogP contribution >= 0.6 is 0 Å². The lowest BCUT2D eigenvalue weighted by molar-refractivity contribution is -0.122. The van der Waals surface area contributed by atoms with Crippen LogP contribution < -0.4 is 19.7 Å². The SMILES string of the molecule is CCOc1ccccc1NC(=O)C[C@@H]1C(=O)Nc2ccccc2N1S(=O)(=O)c1c(C)cc(C)cc1C. The number of amides is 2. The summed E-state index contributed by atoms with van der Waals surface area (Å²) in [6.07, 6.45) is -0.385. The van der Waals surface area contributed by atoms with Gasteiger partial charge in [-0.3, -0.25) is 13.9 Å². The van der Waals surface area contributed by atoms with Gasteiger partial charge in [0.1, 0.15) is 11.8 Å². The van der Waals surface area contributed by atoms with Gasteiger partial charge in [-0.1, -0.05) is 42.0 Å². The standard InChI is InChI=1S/C27H29N3O5S/c1-5-35-24-13-9-7-11-21(24)28-25(31)16-23-27(32)29-20-10-6-8-12-22(20)30(23)36(33,34)26-18(3)14-17(2)15-19(26)4/h6-15,23H,5,16H2,1-4H3,(H,28,31)(H,29,32)/t23-/m1/s1. The van der Waals surface area contributed by atoms with E-state index >= 15 is 0 Å². The molecule has 2 N–H and O–H groups in total. The number of sulfonamides is 1. The molecular formula is C27H29N3O5S. The molecule has 0 saturated heterocycles. The summed E-state index contributed by atoms with van der Waals surface area (Å²) in [7, 11) is -4.20. The number of carbonyl (C=O) groups excluding carboxylic acids is 2. The number of nitrogens with zero attached hydrogens (tertiary/aromatic N) is 1. The van der Waals surface area contributed by atoms with Gasteiger partial charge in [-0.05, 0) is 63.1 Å². The minimum atomic E-state index is -4.20. The highest BCUT2D eigenvalue weighted by atomic mass is 32.2. The van der Waals surface area contributed by atoms with E-state index in [0.717, 1.165) is 9.87 Å². The maximum atomic E-state index is 14.1.